The Morgan fingerprint density at radius 1 is 0.889 bits per heavy atom. The lowest BCUT2D eigenvalue weighted by Crippen LogP contribution is -2.31. The number of hydrogen-bond donors (Lipinski definition) is 0. The fourth-order valence-corrected chi connectivity index (χ4v) is 3.99. The van der Waals surface area contributed by atoms with Gasteiger partial charge in [-0.3, -0.25) is 4.90 Å². The fraction of sp³-hybridized carbons (Fsp3) is 0.500. The highest BCUT2D eigenvalue weighted by Gasteiger charge is 2.35. The van der Waals surface area contributed by atoms with Crippen molar-refractivity contribution in [3.05, 3.63) is 71.3 Å². The van der Waals surface area contributed by atoms with Gasteiger partial charge in [-0.15, -0.1) is 0 Å². The Kier molecular flexibility index (Phi) is 7.01. The van der Waals surface area contributed by atoms with Crippen LogP contribution in [-0.4, -0.2) is 29.8 Å². The van der Waals surface area contributed by atoms with Gasteiger partial charge in [0.05, 0.1) is 0 Å². The van der Waals surface area contributed by atoms with E-state index < -0.39 is 12.3 Å². The summed E-state index contributed by atoms with van der Waals surface area (Å²) in [6.45, 7) is 6.53. The van der Waals surface area contributed by atoms with E-state index in [0.717, 1.165) is 31.5 Å². The predicted octanol–water partition coefficient (Wildman–Crippen LogP) is 6.08. The summed E-state index contributed by atoms with van der Waals surface area (Å²) in [4.78, 5) is 2.50. The van der Waals surface area contributed by atoms with Crippen molar-refractivity contribution in [3.8, 4) is 0 Å². The molecule has 0 bridgehead atoms. The van der Waals surface area contributed by atoms with Crippen LogP contribution in [0.25, 0.3) is 0 Å². The van der Waals surface area contributed by atoms with E-state index in [1.807, 2.05) is 0 Å². The minimum absolute atomic E-state index is 0.0337. The number of rotatable bonds is 8. The summed E-state index contributed by atoms with van der Waals surface area (Å²) < 4.78 is 26.8. The smallest absolute Gasteiger partial charge is 0.132 e. The van der Waals surface area contributed by atoms with E-state index in [2.05, 4.69) is 73.3 Å². The summed E-state index contributed by atoms with van der Waals surface area (Å²) in [5, 5.41) is 0. The van der Waals surface area contributed by atoms with Crippen LogP contribution in [0.5, 0.6) is 0 Å². The Bertz CT molecular complexity index is 673. The molecule has 3 rings (SSSR count). The predicted molar refractivity (Wildman–Crippen MR) is 109 cm³/mol. The van der Waals surface area contributed by atoms with E-state index in [9.17, 15) is 8.78 Å². The van der Waals surface area contributed by atoms with Crippen molar-refractivity contribution < 1.29 is 8.78 Å². The van der Waals surface area contributed by atoms with E-state index in [1.165, 1.54) is 11.1 Å². The normalized spacial score (nSPS) is 22.7. The van der Waals surface area contributed by atoms with E-state index >= 15 is 0 Å². The molecule has 2 atom stereocenters. The van der Waals surface area contributed by atoms with Crippen molar-refractivity contribution in [3.63, 3.8) is 0 Å². The van der Waals surface area contributed by atoms with Gasteiger partial charge >= 0.3 is 0 Å². The Morgan fingerprint density at radius 3 is 2.11 bits per heavy atom. The van der Waals surface area contributed by atoms with Gasteiger partial charge in [-0.05, 0) is 68.7 Å². The molecule has 0 heterocycles. The van der Waals surface area contributed by atoms with Gasteiger partial charge in [-0.2, -0.15) is 0 Å². The van der Waals surface area contributed by atoms with Crippen LogP contribution < -0.4 is 0 Å². The Labute approximate surface area is 162 Å². The van der Waals surface area contributed by atoms with Crippen molar-refractivity contribution in [2.24, 2.45) is 0 Å². The molecule has 1 aliphatic rings. The van der Waals surface area contributed by atoms with Crippen molar-refractivity contribution in [2.75, 3.05) is 6.54 Å². The first-order valence-corrected chi connectivity index (χ1v) is 10.2. The number of halogens is 2. The summed E-state index contributed by atoms with van der Waals surface area (Å²) in [5.74, 6) is 0.0337. The first-order chi connectivity index (χ1) is 13.0. The van der Waals surface area contributed by atoms with Gasteiger partial charge in [0.15, 0.2) is 0 Å². The van der Waals surface area contributed by atoms with E-state index in [1.54, 1.807) is 0 Å². The molecule has 2 aromatic carbocycles. The number of alkyl halides is 2. The number of nitrogens with zero attached hydrogens (tertiary/aromatic N) is 1. The van der Waals surface area contributed by atoms with Gasteiger partial charge < -0.3 is 0 Å². The summed E-state index contributed by atoms with van der Waals surface area (Å²) in [6, 6.07) is 19.5. The quantitative estimate of drug-likeness (QED) is 0.543. The van der Waals surface area contributed by atoms with Crippen molar-refractivity contribution in [1.29, 1.82) is 0 Å². The Balaban J connectivity index is 1.49. The lowest BCUT2D eigenvalue weighted by Gasteiger charge is -2.26. The first-order valence-electron chi connectivity index (χ1n) is 10.2. The monoisotopic (exact) mass is 371 g/mol. The maximum atomic E-state index is 13.4. The zero-order chi connectivity index (χ0) is 19.2. The molecule has 0 aliphatic heterocycles. The van der Waals surface area contributed by atoms with Crippen LogP contribution in [0.4, 0.5) is 8.78 Å². The highest BCUT2D eigenvalue weighted by molar-refractivity contribution is 5.27. The Hall–Kier alpha value is -1.74. The number of benzene rings is 2. The SMILES string of the molecule is CC(C)N(CCCc1ccc(C2CC(F)C(F)C2)cc1)Cc1ccccc1. The van der Waals surface area contributed by atoms with Crippen LogP contribution >= 0.6 is 0 Å². The lowest BCUT2D eigenvalue weighted by atomic mass is 9.96. The van der Waals surface area contributed by atoms with Gasteiger partial charge in [-0.1, -0.05) is 54.6 Å². The van der Waals surface area contributed by atoms with Gasteiger partial charge in [0.2, 0.25) is 0 Å². The average Bonchev–Trinajstić information content (AvgIpc) is 3.01. The van der Waals surface area contributed by atoms with Crippen molar-refractivity contribution in [2.45, 2.75) is 70.4 Å². The molecule has 1 aliphatic carbocycles. The molecule has 0 spiro atoms. The van der Waals surface area contributed by atoms with Crippen LogP contribution in [0.3, 0.4) is 0 Å². The van der Waals surface area contributed by atoms with E-state index in [-0.39, 0.29) is 5.92 Å². The second kappa shape index (κ2) is 9.45. The van der Waals surface area contributed by atoms with Gasteiger partial charge in [0.1, 0.15) is 12.3 Å². The molecular weight excluding hydrogens is 340 g/mol. The molecule has 0 amide bonds. The van der Waals surface area contributed by atoms with Gasteiger partial charge in [0, 0.05) is 12.6 Å². The Morgan fingerprint density at radius 2 is 1.52 bits per heavy atom. The molecule has 1 saturated carbocycles. The second-order valence-corrected chi connectivity index (χ2v) is 8.10. The third kappa shape index (κ3) is 5.62. The maximum absolute atomic E-state index is 13.4. The van der Waals surface area contributed by atoms with Crippen LogP contribution in [0, 0.1) is 0 Å². The van der Waals surface area contributed by atoms with Crippen molar-refractivity contribution in [1.82, 2.24) is 4.90 Å². The van der Waals surface area contributed by atoms with E-state index in [0.29, 0.717) is 18.9 Å². The third-order valence-corrected chi connectivity index (χ3v) is 5.73. The molecule has 1 fully saturated rings. The van der Waals surface area contributed by atoms with E-state index in [4.69, 9.17) is 0 Å². The minimum atomic E-state index is -1.29. The minimum Gasteiger partial charge on any atom is -0.297 e. The lowest BCUT2D eigenvalue weighted by molar-refractivity contribution is 0.199. The third-order valence-electron chi connectivity index (χ3n) is 5.73. The molecule has 0 N–H and O–H groups in total. The molecule has 1 nitrogen and oxygen atoms in total. The fourth-order valence-electron chi connectivity index (χ4n) is 3.99. The zero-order valence-corrected chi connectivity index (χ0v) is 16.5. The highest BCUT2D eigenvalue weighted by Crippen LogP contribution is 2.38. The van der Waals surface area contributed by atoms with Gasteiger partial charge in [0.25, 0.3) is 0 Å². The zero-order valence-electron chi connectivity index (χ0n) is 16.5. The molecule has 2 unspecified atom stereocenters. The number of aryl methyl sites for hydroxylation is 1. The standard InChI is InChI=1S/C24H31F2N/c1-18(2)27(17-20-7-4-3-5-8-20)14-6-9-19-10-12-21(13-11-19)22-15-23(25)24(26)16-22/h3-5,7-8,10-13,18,22-24H,6,9,14-17H2,1-2H3. The van der Waals surface area contributed by atoms with Gasteiger partial charge in [-0.25, -0.2) is 8.78 Å². The average molecular weight is 372 g/mol. The molecule has 3 heteroatoms. The largest absolute Gasteiger partial charge is 0.297 e. The summed E-state index contributed by atoms with van der Waals surface area (Å²) in [7, 11) is 0. The summed E-state index contributed by atoms with van der Waals surface area (Å²) in [6.07, 6.45) is 0.197. The van der Waals surface area contributed by atoms with Crippen LogP contribution in [0.15, 0.2) is 54.6 Å². The molecule has 27 heavy (non-hydrogen) atoms. The van der Waals surface area contributed by atoms with Crippen LogP contribution in [-0.2, 0) is 13.0 Å². The second-order valence-electron chi connectivity index (χ2n) is 8.10. The highest BCUT2D eigenvalue weighted by atomic mass is 19.2. The molecular formula is C24H31F2N. The maximum Gasteiger partial charge on any atom is 0.132 e. The summed E-state index contributed by atoms with van der Waals surface area (Å²) >= 11 is 0. The van der Waals surface area contributed by atoms with Crippen molar-refractivity contribution >= 4 is 0 Å². The van der Waals surface area contributed by atoms with Crippen LogP contribution in [0.1, 0.15) is 55.7 Å². The molecule has 0 radical (unpaired) electrons. The molecule has 0 aromatic heterocycles. The molecule has 146 valence electrons. The summed E-state index contributed by atoms with van der Waals surface area (Å²) in [5.41, 5.74) is 3.73. The molecule has 0 saturated heterocycles. The van der Waals surface area contributed by atoms with Crippen LogP contribution in [0.2, 0.25) is 0 Å². The number of hydrogen-bond acceptors (Lipinski definition) is 1. The molecule has 2 aromatic rings. The topological polar surface area (TPSA) is 3.24 Å². The first kappa shape index (κ1) is 20.0.